The van der Waals surface area contributed by atoms with E-state index in [0.29, 0.717) is 12.1 Å². The maximum atomic E-state index is 11.9. The van der Waals surface area contributed by atoms with E-state index in [9.17, 15) is 14.4 Å². The molecule has 2 rings (SSSR count). The first-order valence-electron chi connectivity index (χ1n) is 6.41. The van der Waals surface area contributed by atoms with Crippen LogP contribution in [-0.2, 0) is 9.53 Å². The largest absolute Gasteiger partial charge is 0.465 e. The van der Waals surface area contributed by atoms with Gasteiger partial charge in [0.25, 0.3) is 0 Å². The molecule has 0 aromatic carbocycles. The predicted molar refractivity (Wildman–Crippen MR) is 74.1 cm³/mol. The van der Waals surface area contributed by atoms with Crippen molar-refractivity contribution < 1.29 is 14.3 Å². The highest BCUT2D eigenvalue weighted by Crippen LogP contribution is 2.32. The Labute approximate surface area is 120 Å². The van der Waals surface area contributed by atoms with Gasteiger partial charge >= 0.3 is 11.7 Å². The van der Waals surface area contributed by atoms with E-state index in [2.05, 4.69) is 9.97 Å². The fourth-order valence-corrected chi connectivity index (χ4v) is 3.49. The zero-order chi connectivity index (χ0) is 14.7. The second kappa shape index (κ2) is 6.21. The summed E-state index contributed by atoms with van der Waals surface area (Å²) in [6.07, 6.45) is 3.17. The van der Waals surface area contributed by atoms with E-state index in [0.717, 1.165) is 19.3 Å². The Morgan fingerprint density at radius 2 is 2.15 bits per heavy atom. The van der Waals surface area contributed by atoms with Crippen LogP contribution in [-0.4, -0.2) is 34.1 Å². The summed E-state index contributed by atoms with van der Waals surface area (Å²) >= 11 is 1.19. The highest BCUT2D eigenvalue weighted by atomic mass is 32.2. The summed E-state index contributed by atoms with van der Waals surface area (Å²) in [7, 11) is 1.27. The molecule has 1 saturated carbocycles. The normalized spacial score (nSPS) is 18.9. The number of H-pyrrole nitrogens is 1. The lowest BCUT2D eigenvalue weighted by Crippen LogP contribution is -2.24. The Balaban J connectivity index is 2.36. The van der Waals surface area contributed by atoms with Crippen molar-refractivity contribution in [3.8, 4) is 0 Å². The maximum absolute atomic E-state index is 11.9. The van der Waals surface area contributed by atoms with Crippen LogP contribution in [0.4, 0.5) is 0 Å². The van der Waals surface area contributed by atoms with Crippen LogP contribution in [0.15, 0.2) is 9.82 Å². The number of carbonyl (C=O) groups is 2. The van der Waals surface area contributed by atoms with Crippen molar-refractivity contribution in [2.75, 3.05) is 7.11 Å². The van der Waals surface area contributed by atoms with E-state index in [1.807, 2.05) is 0 Å². The quantitative estimate of drug-likeness (QED) is 0.671. The van der Waals surface area contributed by atoms with Gasteiger partial charge in [-0.15, -0.1) is 0 Å². The number of ketones is 1. The molecule has 1 aromatic heterocycles. The summed E-state index contributed by atoms with van der Waals surface area (Å²) in [5.74, 6) is -0.409. The van der Waals surface area contributed by atoms with Crippen LogP contribution < -0.4 is 5.69 Å². The first-order chi connectivity index (χ1) is 9.52. The van der Waals surface area contributed by atoms with Crippen LogP contribution in [0, 0.1) is 6.92 Å². The van der Waals surface area contributed by atoms with Gasteiger partial charge in [0.15, 0.2) is 0 Å². The molecule has 0 radical (unpaired) electrons. The Hall–Kier alpha value is -1.63. The number of nitrogens with one attached hydrogen (secondary N) is 1. The van der Waals surface area contributed by atoms with E-state index in [-0.39, 0.29) is 21.6 Å². The van der Waals surface area contributed by atoms with Crippen LogP contribution in [0.3, 0.4) is 0 Å². The Morgan fingerprint density at radius 1 is 1.40 bits per heavy atom. The molecule has 6 nitrogen and oxygen atoms in total. The number of rotatable bonds is 3. The van der Waals surface area contributed by atoms with E-state index < -0.39 is 11.7 Å². The SMILES string of the molecule is COC(=O)c1c(S[C@H]2CCCCC2=O)nc(=O)[nH]c1C. The number of hydrogen-bond donors (Lipinski definition) is 1. The Kier molecular flexibility index (Phi) is 4.59. The van der Waals surface area contributed by atoms with Gasteiger partial charge < -0.3 is 9.72 Å². The highest BCUT2D eigenvalue weighted by molar-refractivity contribution is 8.00. The molecule has 0 unspecified atom stereocenters. The molecule has 0 bridgehead atoms. The fraction of sp³-hybridized carbons (Fsp3) is 0.538. The monoisotopic (exact) mass is 296 g/mol. The molecule has 1 fully saturated rings. The minimum absolute atomic E-state index is 0.150. The molecule has 0 aliphatic heterocycles. The van der Waals surface area contributed by atoms with Crippen LogP contribution >= 0.6 is 11.8 Å². The Morgan fingerprint density at radius 3 is 2.80 bits per heavy atom. The van der Waals surface area contributed by atoms with Gasteiger partial charge in [0.05, 0.1) is 12.4 Å². The minimum atomic E-state index is -0.558. The molecule has 1 atom stereocenters. The van der Waals surface area contributed by atoms with Gasteiger partial charge in [0, 0.05) is 12.1 Å². The summed E-state index contributed by atoms with van der Waals surface area (Å²) in [5.41, 5.74) is 0.110. The van der Waals surface area contributed by atoms with Crippen LogP contribution in [0.1, 0.15) is 41.7 Å². The molecule has 1 aliphatic rings. The van der Waals surface area contributed by atoms with Crippen molar-refractivity contribution >= 4 is 23.5 Å². The number of aromatic amines is 1. The average molecular weight is 296 g/mol. The number of carbonyl (C=O) groups excluding carboxylic acids is 2. The standard InChI is InChI=1S/C13H16N2O4S/c1-7-10(12(17)19-2)11(15-13(18)14-7)20-9-6-4-3-5-8(9)16/h9H,3-6H2,1-2H3,(H,14,15,18)/t9-/m0/s1. The molecule has 0 saturated heterocycles. The summed E-state index contributed by atoms with van der Waals surface area (Å²) < 4.78 is 4.71. The van der Waals surface area contributed by atoms with Gasteiger partial charge in [0.2, 0.25) is 0 Å². The van der Waals surface area contributed by atoms with Gasteiger partial charge in [0.1, 0.15) is 16.4 Å². The maximum Gasteiger partial charge on any atom is 0.346 e. The topological polar surface area (TPSA) is 89.1 Å². The van der Waals surface area contributed by atoms with E-state index in [4.69, 9.17) is 4.74 Å². The third-order valence-corrected chi connectivity index (χ3v) is 4.53. The minimum Gasteiger partial charge on any atom is -0.465 e. The van der Waals surface area contributed by atoms with Crippen LogP contribution in [0.5, 0.6) is 0 Å². The molecule has 1 heterocycles. The zero-order valence-electron chi connectivity index (χ0n) is 11.4. The third-order valence-electron chi connectivity index (χ3n) is 3.23. The van der Waals surface area contributed by atoms with Gasteiger partial charge in [-0.05, 0) is 19.8 Å². The van der Waals surface area contributed by atoms with Gasteiger partial charge in [-0.2, -0.15) is 4.98 Å². The van der Waals surface area contributed by atoms with E-state index in [1.54, 1.807) is 6.92 Å². The van der Waals surface area contributed by atoms with Gasteiger partial charge in [-0.3, -0.25) is 4.79 Å². The first-order valence-corrected chi connectivity index (χ1v) is 7.29. The summed E-state index contributed by atoms with van der Waals surface area (Å²) in [5, 5.41) is 0.0409. The number of aryl methyl sites for hydroxylation is 1. The van der Waals surface area contributed by atoms with Crippen molar-refractivity contribution in [2.24, 2.45) is 0 Å². The van der Waals surface area contributed by atoms with Crippen LogP contribution in [0.2, 0.25) is 0 Å². The number of ether oxygens (including phenoxy) is 1. The molecular formula is C13H16N2O4S. The number of hydrogen-bond acceptors (Lipinski definition) is 6. The number of Topliss-reactive ketones (excluding diaryl/α,β-unsaturated/α-hetero) is 1. The van der Waals surface area contributed by atoms with Crippen molar-refractivity contribution in [3.63, 3.8) is 0 Å². The second-order valence-electron chi connectivity index (χ2n) is 4.66. The molecule has 1 aromatic rings. The highest BCUT2D eigenvalue weighted by Gasteiger charge is 2.27. The molecule has 1 N–H and O–H groups in total. The van der Waals surface area contributed by atoms with Crippen molar-refractivity contribution in [1.29, 1.82) is 0 Å². The van der Waals surface area contributed by atoms with E-state index >= 15 is 0 Å². The lowest BCUT2D eigenvalue weighted by atomic mass is 9.99. The number of esters is 1. The lowest BCUT2D eigenvalue weighted by Gasteiger charge is -2.20. The molecule has 0 spiro atoms. The van der Waals surface area contributed by atoms with Gasteiger partial charge in [-0.1, -0.05) is 18.2 Å². The molecule has 0 amide bonds. The summed E-state index contributed by atoms with van der Waals surface area (Å²) in [6, 6.07) is 0. The number of nitrogens with zero attached hydrogens (tertiary/aromatic N) is 1. The third kappa shape index (κ3) is 3.09. The number of thioether (sulfide) groups is 1. The van der Waals surface area contributed by atoms with Gasteiger partial charge in [-0.25, -0.2) is 9.59 Å². The molecule has 1 aliphatic carbocycles. The summed E-state index contributed by atoms with van der Waals surface area (Å²) in [6.45, 7) is 1.61. The number of aromatic nitrogens is 2. The average Bonchev–Trinajstić information content (AvgIpc) is 2.40. The Bertz CT molecular complexity index is 597. The van der Waals surface area contributed by atoms with Crippen molar-refractivity contribution in [2.45, 2.75) is 42.9 Å². The smallest absolute Gasteiger partial charge is 0.346 e. The van der Waals surface area contributed by atoms with Crippen molar-refractivity contribution in [3.05, 3.63) is 21.7 Å². The molecular weight excluding hydrogens is 280 g/mol. The van der Waals surface area contributed by atoms with Crippen molar-refractivity contribution in [1.82, 2.24) is 9.97 Å². The number of methoxy groups -OCH3 is 1. The first kappa shape index (κ1) is 14.8. The zero-order valence-corrected chi connectivity index (χ0v) is 12.2. The lowest BCUT2D eigenvalue weighted by molar-refractivity contribution is -0.119. The fourth-order valence-electron chi connectivity index (χ4n) is 2.20. The second-order valence-corrected chi connectivity index (χ2v) is 5.85. The van der Waals surface area contributed by atoms with E-state index in [1.165, 1.54) is 18.9 Å². The summed E-state index contributed by atoms with van der Waals surface area (Å²) in [4.78, 5) is 41.5. The molecule has 7 heteroatoms. The molecule has 20 heavy (non-hydrogen) atoms. The predicted octanol–water partition coefficient (Wildman–Crippen LogP) is 1.47. The molecule has 108 valence electrons. The van der Waals surface area contributed by atoms with Crippen LogP contribution in [0.25, 0.3) is 0 Å².